The van der Waals surface area contributed by atoms with Crippen LogP contribution in [0.15, 0.2) is 0 Å². The number of ether oxygens (including phenoxy) is 1. The van der Waals surface area contributed by atoms with E-state index in [1.165, 1.54) is 0 Å². The van der Waals surface area contributed by atoms with Crippen LogP contribution in [0.1, 0.15) is 92.8 Å². The minimum Gasteiger partial charge on any atom is -0.460 e. The van der Waals surface area contributed by atoms with E-state index in [2.05, 4.69) is 5.32 Å². The van der Waals surface area contributed by atoms with Crippen molar-refractivity contribution in [3.63, 3.8) is 0 Å². The van der Waals surface area contributed by atoms with Crippen LogP contribution in [0.3, 0.4) is 0 Å². The van der Waals surface area contributed by atoms with Crippen molar-refractivity contribution in [1.82, 2.24) is 9.88 Å². The molecule has 1 N–H and O–H groups in total. The summed E-state index contributed by atoms with van der Waals surface area (Å²) < 4.78 is 7.11. The Bertz CT molecular complexity index is 904. The molecule has 0 saturated heterocycles. The average Bonchev–Trinajstić information content (AvgIpc) is 3.21. The van der Waals surface area contributed by atoms with Crippen LogP contribution < -0.4 is 5.32 Å². The van der Waals surface area contributed by atoms with Gasteiger partial charge in [-0.25, -0.2) is 0 Å². The number of esters is 1. The summed E-state index contributed by atoms with van der Waals surface area (Å²) in [7, 11) is 0. The van der Waals surface area contributed by atoms with Crippen LogP contribution in [-0.4, -0.2) is 39.7 Å². The van der Waals surface area contributed by atoms with E-state index in [9.17, 15) is 19.2 Å². The van der Waals surface area contributed by atoms with Crippen LogP contribution in [0.25, 0.3) is 0 Å². The molecule has 0 aromatic carbocycles. The number of amides is 1. The van der Waals surface area contributed by atoms with Crippen LogP contribution in [0.4, 0.5) is 0 Å². The van der Waals surface area contributed by atoms with Gasteiger partial charge in [-0.05, 0) is 72.1 Å². The van der Waals surface area contributed by atoms with E-state index in [0.717, 1.165) is 25.0 Å². The molecule has 3 rings (SSSR count). The molecular weight excluding hydrogens is 420 g/mol. The van der Waals surface area contributed by atoms with Gasteiger partial charge in [0, 0.05) is 24.2 Å². The maximum Gasteiger partial charge on any atom is 0.306 e. The number of fused-ring (bicyclic) bond motifs is 1. The molecule has 0 spiro atoms. The third-order valence-electron chi connectivity index (χ3n) is 6.18. The largest absolute Gasteiger partial charge is 0.460 e. The average molecular weight is 451 g/mol. The molecule has 0 unspecified atom stereocenters. The van der Waals surface area contributed by atoms with Gasteiger partial charge in [0.15, 0.2) is 6.29 Å². The van der Waals surface area contributed by atoms with Crippen LogP contribution in [0.5, 0.6) is 0 Å². The smallest absolute Gasteiger partial charge is 0.306 e. The Morgan fingerprint density at radius 3 is 2.48 bits per heavy atom. The van der Waals surface area contributed by atoms with Crippen molar-refractivity contribution in [3.8, 4) is 0 Å². The molecule has 1 aliphatic carbocycles. The lowest BCUT2D eigenvalue weighted by Crippen LogP contribution is -2.51. The second kappa shape index (κ2) is 8.77. The zero-order chi connectivity index (χ0) is 23.0. The Morgan fingerprint density at radius 1 is 1.26 bits per heavy atom. The molecule has 1 aromatic heterocycles. The lowest BCUT2D eigenvalue weighted by atomic mass is 9.76. The molecule has 0 bridgehead atoms. The maximum absolute atomic E-state index is 12.9. The van der Waals surface area contributed by atoms with E-state index >= 15 is 0 Å². The first kappa shape index (κ1) is 23.5. The third kappa shape index (κ3) is 5.20. The molecule has 0 radical (unpaired) electrons. The van der Waals surface area contributed by atoms with Gasteiger partial charge in [0.05, 0.1) is 10.6 Å². The predicted molar refractivity (Wildman–Crippen MR) is 116 cm³/mol. The Labute approximate surface area is 187 Å². The zero-order valence-corrected chi connectivity index (χ0v) is 19.4. The number of nitrogens with zero attached hydrogens (tertiary/aromatic N) is 1. The summed E-state index contributed by atoms with van der Waals surface area (Å²) in [6.07, 6.45) is 5.35. The molecule has 1 aliphatic heterocycles. The van der Waals surface area contributed by atoms with Gasteiger partial charge in [-0.15, -0.1) is 0 Å². The number of aromatic nitrogens is 1. The van der Waals surface area contributed by atoms with Crippen LogP contribution in [-0.2, 0) is 27.3 Å². The number of hydrogen-bond acceptors (Lipinski definition) is 5. The summed E-state index contributed by atoms with van der Waals surface area (Å²) in [6.45, 7) is 8.03. The number of aldehydes is 1. The van der Waals surface area contributed by atoms with Gasteiger partial charge in [0.2, 0.25) is 0 Å². The van der Waals surface area contributed by atoms with Crippen molar-refractivity contribution in [3.05, 3.63) is 22.0 Å². The highest BCUT2D eigenvalue weighted by atomic mass is 35.5. The number of rotatable bonds is 6. The molecule has 1 aromatic rings. The normalized spacial score (nSPS) is 23.2. The maximum atomic E-state index is 12.9. The van der Waals surface area contributed by atoms with Crippen molar-refractivity contribution >= 4 is 35.5 Å². The fourth-order valence-electron chi connectivity index (χ4n) is 4.62. The predicted octanol–water partition coefficient (Wildman–Crippen LogP) is 3.88. The first-order valence-electron chi connectivity index (χ1n) is 10.9. The second-order valence-electron chi connectivity index (χ2n) is 9.97. The van der Waals surface area contributed by atoms with E-state index in [-0.39, 0.29) is 22.6 Å². The van der Waals surface area contributed by atoms with Gasteiger partial charge in [-0.3, -0.25) is 19.2 Å². The molecule has 2 aliphatic rings. The van der Waals surface area contributed by atoms with Crippen molar-refractivity contribution in [2.45, 2.75) is 90.3 Å². The molecule has 1 fully saturated rings. The van der Waals surface area contributed by atoms with E-state index in [0.29, 0.717) is 44.1 Å². The zero-order valence-electron chi connectivity index (χ0n) is 18.7. The Kier molecular flexibility index (Phi) is 6.65. The summed E-state index contributed by atoms with van der Waals surface area (Å²) in [5, 5.41) is 2.95. The lowest BCUT2D eigenvalue weighted by molar-refractivity contribution is -0.156. The van der Waals surface area contributed by atoms with Gasteiger partial charge in [-0.2, -0.15) is 0 Å². The summed E-state index contributed by atoms with van der Waals surface area (Å²) in [5.74, 6) is -1.42. The fourth-order valence-corrected chi connectivity index (χ4v) is 4.96. The van der Waals surface area contributed by atoms with Crippen molar-refractivity contribution in [2.24, 2.45) is 5.92 Å². The van der Waals surface area contributed by atoms with Gasteiger partial charge < -0.3 is 14.6 Å². The van der Waals surface area contributed by atoms with Crippen molar-refractivity contribution in [1.29, 1.82) is 0 Å². The third-order valence-corrected chi connectivity index (χ3v) is 6.57. The SMILES string of the molecule is CC1(NC(=O)C(=O)c2c(Cl)c(C=O)c3n2CCC3)CCC(CC(=O)OC(C)(C)C)CC1. The van der Waals surface area contributed by atoms with Gasteiger partial charge >= 0.3 is 5.97 Å². The minimum absolute atomic E-state index is 0.0658. The Hall–Kier alpha value is -2.15. The monoisotopic (exact) mass is 450 g/mol. The number of nitrogens with one attached hydrogen (secondary N) is 1. The highest BCUT2D eigenvalue weighted by Crippen LogP contribution is 2.35. The number of ketones is 1. The Balaban J connectivity index is 1.61. The molecule has 8 heteroatoms. The van der Waals surface area contributed by atoms with Gasteiger partial charge in [0.1, 0.15) is 11.3 Å². The first-order chi connectivity index (χ1) is 14.4. The molecule has 0 atom stereocenters. The van der Waals surface area contributed by atoms with E-state index in [1.54, 1.807) is 4.57 Å². The topological polar surface area (TPSA) is 94.5 Å². The summed E-state index contributed by atoms with van der Waals surface area (Å²) in [6, 6.07) is 0. The summed E-state index contributed by atoms with van der Waals surface area (Å²) >= 11 is 6.28. The van der Waals surface area contributed by atoms with Gasteiger partial charge in [0.25, 0.3) is 11.7 Å². The Morgan fingerprint density at radius 2 is 1.90 bits per heavy atom. The quantitative estimate of drug-likeness (QED) is 0.307. The molecule has 1 saturated carbocycles. The molecule has 7 nitrogen and oxygen atoms in total. The standard InChI is InChI=1S/C23H31ClN2O5/c1-22(2,3)31-17(28)12-14-7-9-23(4,10-8-14)25-21(30)20(29)19-18(24)15(13-27)16-6-5-11-26(16)19/h13-14H,5-12H2,1-4H3,(H,25,30). The lowest BCUT2D eigenvalue weighted by Gasteiger charge is -2.38. The molecule has 170 valence electrons. The van der Waals surface area contributed by atoms with Gasteiger partial charge in [-0.1, -0.05) is 11.6 Å². The number of Topliss-reactive ketones (excluding diaryl/α,β-unsaturated/α-hetero) is 1. The first-order valence-corrected chi connectivity index (χ1v) is 11.3. The van der Waals surface area contributed by atoms with Crippen molar-refractivity contribution < 1.29 is 23.9 Å². The number of halogens is 1. The van der Waals surface area contributed by atoms with Crippen LogP contribution >= 0.6 is 11.6 Å². The molecule has 2 heterocycles. The summed E-state index contributed by atoms with van der Waals surface area (Å²) in [5.41, 5.74) is 0.112. The number of hydrogen-bond donors (Lipinski definition) is 1. The fraction of sp³-hybridized carbons (Fsp3) is 0.652. The highest BCUT2D eigenvalue weighted by Gasteiger charge is 2.37. The van der Waals surface area contributed by atoms with E-state index in [1.807, 2.05) is 27.7 Å². The highest BCUT2D eigenvalue weighted by molar-refractivity contribution is 6.47. The van der Waals surface area contributed by atoms with Crippen molar-refractivity contribution in [2.75, 3.05) is 0 Å². The molecular formula is C23H31ClN2O5. The molecule has 31 heavy (non-hydrogen) atoms. The van der Waals surface area contributed by atoms with E-state index < -0.39 is 22.8 Å². The second-order valence-corrected chi connectivity index (χ2v) is 10.4. The number of carbonyl (C=O) groups excluding carboxylic acids is 4. The summed E-state index contributed by atoms with van der Waals surface area (Å²) in [4.78, 5) is 49.2. The van der Waals surface area contributed by atoms with E-state index in [4.69, 9.17) is 16.3 Å². The van der Waals surface area contributed by atoms with Crippen LogP contribution in [0, 0.1) is 5.92 Å². The molecule has 1 amide bonds. The van der Waals surface area contributed by atoms with Crippen LogP contribution in [0.2, 0.25) is 5.02 Å². The minimum atomic E-state index is -0.710. The number of carbonyl (C=O) groups is 4.